The highest BCUT2D eigenvalue weighted by Gasteiger charge is 2.17. The van der Waals surface area contributed by atoms with E-state index < -0.39 is 14.9 Å². The molecule has 8 heteroatoms. The number of nitrogens with one attached hydrogen (secondary N) is 1. The van der Waals surface area contributed by atoms with Crippen LogP contribution < -0.4 is 4.72 Å². The summed E-state index contributed by atoms with van der Waals surface area (Å²) < 4.78 is 25.4. The highest BCUT2D eigenvalue weighted by molar-refractivity contribution is 7.92. The molecule has 0 aliphatic rings. The Labute approximate surface area is 110 Å². The maximum Gasteiger partial charge on any atom is 0.274 e. The van der Waals surface area contributed by atoms with Crippen molar-refractivity contribution in [2.75, 3.05) is 16.4 Å². The van der Waals surface area contributed by atoms with E-state index in [1.807, 2.05) is 0 Å². The number of rotatable bonds is 5. The summed E-state index contributed by atoms with van der Waals surface area (Å²) >= 11 is 5.37. The minimum absolute atomic E-state index is 0.0393. The molecule has 0 spiro atoms. The monoisotopic (exact) mass is 292 g/mol. The Balaban J connectivity index is 3.18. The van der Waals surface area contributed by atoms with Gasteiger partial charge in [0.25, 0.3) is 5.69 Å². The Kier molecular flexibility index (Phi) is 4.53. The molecule has 6 nitrogen and oxygen atoms in total. The van der Waals surface area contributed by atoms with Crippen LogP contribution in [0.15, 0.2) is 12.1 Å². The summed E-state index contributed by atoms with van der Waals surface area (Å²) in [6.07, 6.45) is 0. The van der Waals surface area contributed by atoms with E-state index in [9.17, 15) is 18.5 Å². The maximum absolute atomic E-state index is 11.6. The number of halogens is 1. The minimum atomic E-state index is -3.57. The normalized spacial score (nSPS) is 11.3. The third kappa shape index (κ3) is 3.58. The van der Waals surface area contributed by atoms with Crippen molar-refractivity contribution in [3.63, 3.8) is 0 Å². The molecule has 0 heterocycles. The van der Waals surface area contributed by atoms with Crippen LogP contribution in [0, 0.1) is 24.0 Å². The lowest BCUT2D eigenvalue weighted by molar-refractivity contribution is -0.385. The average molecular weight is 293 g/mol. The third-order valence-electron chi connectivity index (χ3n) is 2.35. The second kappa shape index (κ2) is 5.53. The van der Waals surface area contributed by atoms with Crippen molar-refractivity contribution in [2.45, 2.75) is 13.8 Å². The van der Waals surface area contributed by atoms with Gasteiger partial charge in [-0.25, -0.2) is 8.42 Å². The van der Waals surface area contributed by atoms with Crippen molar-refractivity contribution in [3.05, 3.63) is 33.4 Å². The molecule has 100 valence electrons. The summed E-state index contributed by atoms with van der Waals surface area (Å²) in [5.74, 6) is -0.280. The molecular formula is C10H13ClN2O4S. The molecule has 0 saturated heterocycles. The summed E-state index contributed by atoms with van der Waals surface area (Å²) in [6.45, 7) is 3.28. The highest BCUT2D eigenvalue weighted by atomic mass is 35.5. The van der Waals surface area contributed by atoms with Crippen molar-refractivity contribution in [3.8, 4) is 0 Å². The zero-order valence-electron chi connectivity index (χ0n) is 9.94. The van der Waals surface area contributed by atoms with E-state index in [0.717, 1.165) is 0 Å². The molecule has 0 fully saturated rings. The van der Waals surface area contributed by atoms with Crippen LogP contribution in [-0.4, -0.2) is 25.0 Å². The number of aryl methyl sites for hydroxylation is 2. The molecule has 0 atom stereocenters. The number of alkyl halides is 1. The van der Waals surface area contributed by atoms with Crippen LogP contribution in [0.5, 0.6) is 0 Å². The molecule has 0 aliphatic heterocycles. The largest absolute Gasteiger partial charge is 0.283 e. The number of sulfonamides is 1. The maximum atomic E-state index is 11.6. The smallest absolute Gasteiger partial charge is 0.274 e. The van der Waals surface area contributed by atoms with Gasteiger partial charge in [0.1, 0.15) is 0 Å². The first-order valence-electron chi connectivity index (χ1n) is 5.09. The zero-order chi connectivity index (χ0) is 13.9. The van der Waals surface area contributed by atoms with Gasteiger partial charge in [-0.3, -0.25) is 14.8 Å². The first-order chi connectivity index (χ1) is 8.26. The second-order valence-corrected chi connectivity index (χ2v) is 6.04. The zero-order valence-corrected chi connectivity index (χ0v) is 11.5. The number of nitro groups is 1. The van der Waals surface area contributed by atoms with Crippen molar-refractivity contribution in [2.24, 2.45) is 0 Å². The number of anilines is 1. The molecule has 0 amide bonds. The van der Waals surface area contributed by atoms with Gasteiger partial charge < -0.3 is 0 Å². The van der Waals surface area contributed by atoms with Gasteiger partial charge in [0, 0.05) is 17.5 Å². The average Bonchev–Trinajstić information content (AvgIpc) is 2.21. The molecular weight excluding hydrogens is 280 g/mol. The fraction of sp³-hybridized carbons (Fsp3) is 0.400. The van der Waals surface area contributed by atoms with Gasteiger partial charge in [-0.2, -0.15) is 0 Å². The van der Waals surface area contributed by atoms with Crippen molar-refractivity contribution >= 4 is 33.0 Å². The number of hydrogen-bond acceptors (Lipinski definition) is 4. The van der Waals surface area contributed by atoms with Crippen LogP contribution in [0.2, 0.25) is 0 Å². The van der Waals surface area contributed by atoms with Crippen molar-refractivity contribution in [1.29, 1.82) is 0 Å². The Morgan fingerprint density at radius 3 is 2.44 bits per heavy atom. The van der Waals surface area contributed by atoms with Gasteiger partial charge in [0.2, 0.25) is 10.0 Å². The molecule has 18 heavy (non-hydrogen) atoms. The minimum Gasteiger partial charge on any atom is -0.283 e. The summed E-state index contributed by atoms with van der Waals surface area (Å²) in [4.78, 5) is 10.2. The lowest BCUT2D eigenvalue weighted by atomic mass is 10.1. The van der Waals surface area contributed by atoms with Crippen molar-refractivity contribution in [1.82, 2.24) is 0 Å². The van der Waals surface area contributed by atoms with E-state index in [0.29, 0.717) is 11.1 Å². The molecule has 0 aliphatic carbocycles. The standard InChI is InChI=1S/C10H13ClN2O4S/c1-7-5-8(2)10(13(14)15)6-9(7)12-18(16,17)4-3-11/h5-6,12H,3-4H2,1-2H3. The molecule has 1 aromatic carbocycles. The number of hydrogen-bond donors (Lipinski definition) is 1. The van der Waals surface area contributed by atoms with Gasteiger partial charge in [-0.05, 0) is 25.5 Å². The van der Waals surface area contributed by atoms with Gasteiger partial charge >= 0.3 is 0 Å². The van der Waals surface area contributed by atoms with Crippen LogP contribution in [0.1, 0.15) is 11.1 Å². The summed E-state index contributed by atoms with van der Waals surface area (Å²) in [7, 11) is -3.57. The van der Waals surface area contributed by atoms with Crippen LogP contribution >= 0.6 is 11.6 Å². The molecule has 0 radical (unpaired) electrons. The van der Waals surface area contributed by atoms with Gasteiger partial charge in [-0.1, -0.05) is 0 Å². The third-order valence-corrected chi connectivity index (χ3v) is 4.04. The highest BCUT2D eigenvalue weighted by Crippen LogP contribution is 2.26. The first kappa shape index (κ1) is 14.7. The Bertz CT molecular complexity index is 571. The Hall–Kier alpha value is -1.34. The van der Waals surface area contributed by atoms with Gasteiger partial charge in [-0.15, -0.1) is 11.6 Å². The summed E-state index contributed by atoms with van der Waals surface area (Å²) in [6, 6.07) is 2.78. The SMILES string of the molecule is Cc1cc(C)c([N+](=O)[O-])cc1NS(=O)(=O)CCCl. The van der Waals surface area contributed by atoms with Gasteiger partial charge in [0.15, 0.2) is 0 Å². The lowest BCUT2D eigenvalue weighted by Gasteiger charge is -2.10. The molecule has 0 unspecified atom stereocenters. The van der Waals surface area contributed by atoms with E-state index in [1.165, 1.54) is 6.07 Å². The fourth-order valence-corrected chi connectivity index (χ4v) is 2.94. The van der Waals surface area contributed by atoms with Crippen LogP contribution in [-0.2, 0) is 10.0 Å². The first-order valence-corrected chi connectivity index (χ1v) is 7.27. The summed E-state index contributed by atoms with van der Waals surface area (Å²) in [5, 5.41) is 10.8. The van der Waals surface area contributed by atoms with E-state index in [4.69, 9.17) is 11.6 Å². The molecule has 0 aromatic heterocycles. The van der Waals surface area contributed by atoms with Crippen LogP contribution in [0.4, 0.5) is 11.4 Å². The van der Waals surface area contributed by atoms with E-state index in [1.54, 1.807) is 19.9 Å². The molecule has 0 bridgehead atoms. The van der Waals surface area contributed by atoms with Gasteiger partial charge in [0.05, 0.1) is 16.4 Å². The second-order valence-electron chi connectivity index (χ2n) is 3.82. The predicted octanol–water partition coefficient (Wildman–Crippen LogP) is 2.19. The molecule has 1 N–H and O–H groups in total. The Morgan fingerprint density at radius 2 is 1.94 bits per heavy atom. The molecule has 1 rings (SSSR count). The lowest BCUT2D eigenvalue weighted by Crippen LogP contribution is -2.18. The van der Waals surface area contributed by atoms with Crippen LogP contribution in [0.3, 0.4) is 0 Å². The van der Waals surface area contributed by atoms with E-state index >= 15 is 0 Å². The number of nitro benzene ring substituents is 1. The topological polar surface area (TPSA) is 89.3 Å². The fourth-order valence-electron chi connectivity index (χ4n) is 1.47. The Morgan fingerprint density at radius 1 is 1.33 bits per heavy atom. The summed E-state index contributed by atoms with van der Waals surface area (Å²) in [5.41, 5.74) is 1.19. The van der Waals surface area contributed by atoms with Crippen molar-refractivity contribution < 1.29 is 13.3 Å². The van der Waals surface area contributed by atoms with Crippen LogP contribution in [0.25, 0.3) is 0 Å². The molecule has 0 saturated carbocycles. The molecule has 1 aromatic rings. The number of nitrogens with zero attached hydrogens (tertiary/aromatic N) is 1. The predicted molar refractivity (Wildman–Crippen MR) is 70.7 cm³/mol. The quantitative estimate of drug-likeness (QED) is 0.512. The number of benzene rings is 1. The van der Waals surface area contributed by atoms with E-state index in [-0.39, 0.29) is 23.0 Å². The van der Waals surface area contributed by atoms with E-state index in [2.05, 4.69) is 4.72 Å².